The lowest BCUT2D eigenvalue weighted by Gasteiger charge is -2.39. The molecule has 1 aliphatic rings. The third-order valence-corrected chi connectivity index (χ3v) is 3.55. The Bertz CT molecular complexity index is 180. The van der Waals surface area contributed by atoms with Crippen LogP contribution in [0.15, 0.2) is 0 Å². The maximum Gasteiger partial charge on any atom is 0.0870 e. The fourth-order valence-electron chi connectivity index (χ4n) is 2.73. The van der Waals surface area contributed by atoms with Gasteiger partial charge >= 0.3 is 0 Å². The van der Waals surface area contributed by atoms with E-state index in [9.17, 15) is 0 Å². The minimum Gasteiger partial charge on any atom is -0.383 e. The highest BCUT2D eigenvalue weighted by molar-refractivity contribution is 4.93. The van der Waals surface area contributed by atoms with Gasteiger partial charge in [0.1, 0.15) is 0 Å². The highest BCUT2D eigenvalue weighted by Gasteiger charge is 2.39. The van der Waals surface area contributed by atoms with E-state index in [0.29, 0.717) is 6.61 Å². The average Bonchev–Trinajstić information content (AvgIpc) is 2.53. The highest BCUT2D eigenvalue weighted by atomic mass is 16.5. The fraction of sp³-hybridized carbons (Fsp3) is 1.00. The van der Waals surface area contributed by atoms with Crippen molar-refractivity contribution < 1.29 is 9.47 Å². The smallest absolute Gasteiger partial charge is 0.0870 e. The number of hydrogen-bond acceptors (Lipinski definition) is 4. The summed E-state index contributed by atoms with van der Waals surface area (Å²) >= 11 is 0. The number of nitrogens with two attached hydrogens (primary N) is 1. The van der Waals surface area contributed by atoms with Crippen LogP contribution in [0.1, 0.15) is 45.4 Å². The Morgan fingerprint density at radius 1 is 1.25 bits per heavy atom. The van der Waals surface area contributed by atoms with E-state index in [1.54, 1.807) is 7.11 Å². The molecular weight excluding hydrogens is 204 g/mol. The predicted octanol–water partition coefficient (Wildman–Crippen LogP) is 1.59. The summed E-state index contributed by atoms with van der Waals surface area (Å²) in [7, 11) is 1.71. The second kappa shape index (κ2) is 7.22. The van der Waals surface area contributed by atoms with Gasteiger partial charge in [0.05, 0.1) is 18.2 Å². The van der Waals surface area contributed by atoms with Crippen LogP contribution >= 0.6 is 0 Å². The SMILES string of the molecule is CCOC1(C(COC)NN)CCCCCC1. The van der Waals surface area contributed by atoms with Gasteiger partial charge in [0, 0.05) is 13.7 Å². The van der Waals surface area contributed by atoms with Gasteiger partial charge < -0.3 is 9.47 Å². The van der Waals surface area contributed by atoms with Crippen molar-refractivity contribution in [1.29, 1.82) is 0 Å². The van der Waals surface area contributed by atoms with E-state index in [2.05, 4.69) is 5.43 Å². The molecular formula is C12H26N2O2. The van der Waals surface area contributed by atoms with Crippen LogP contribution in [-0.2, 0) is 9.47 Å². The molecule has 1 unspecified atom stereocenters. The van der Waals surface area contributed by atoms with E-state index < -0.39 is 0 Å². The number of methoxy groups -OCH3 is 1. The van der Waals surface area contributed by atoms with E-state index in [4.69, 9.17) is 15.3 Å². The first kappa shape index (κ1) is 13.9. The maximum atomic E-state index is 6.03. The number of hydrogen-bond donors (Lipinski definition) is 2. The Morgan fingerprint density at radius 2 is 1.88 bits per heavy atom. The summed E-state index contributed by atoms with van der Waals surface area (Å²) < 4.78 is 11.3. The third-order valence-electron chi connectivity index (χ3n) is 3.55. The molecule has 0 bridgehead atoms. The van der Waals surface area contributed by atoms with Gasteiger partial charge in [0.15, 0.2) is 0 Å². The molecule has 0 heterocycles. The molecule has 1 fully saturated rings. The van der Waals surface area contributed by atoms with Gasteiger partial charge in [-0.1, -0.05) is 25.7 Å². The molecule has 0 amide bonds. The molecule has 0 aromatic rings. The van der Waals surface area contributed by atoms with Crippen LogP contribution in [-0.4, -0.2) is 32.0 Å². The summed E-state index contributed by atoms with van der Waals surface area (Å²) in [4.78, 5) is 0. The summed E-state index contributed by atoms with van der Waals surface area (Å²) in [6.45, 7) is 3.39. The molecule has 16 heavy (non-hydrogen) atoms. The van der Waals surface area contributed by atoms with E-state index >= 15 is 0 Å². The van der Waals surface area contributed by atoms with Crippen LogP contribution in [0.25, 0.3) is 0 Å². The normalized spacial score (nSPS) is 22.7. The standard InChI is InChI=1S/C12H26N2O2/c1-3-16-12(11(14-13)10-15-2)8-6-4-5-7-9-12/h11,14H,3-10,13H2,1-2H3. The molecule has 0 spiro atoms. The quantitative estimate of drug-likeness (QED) is 0.413. The number of rotatable bonds is 6. The topological polar surface area (TPSA) is 56.5 Å². The average molecular weight is 230 g/mol. The first-order valence-electron chi connectivity index (χ1n) is 6.38. The predicted molar refractivity (Wildman–Crippen MR) is 65.0 cm³/mol. The van der Waals surface area contributed by atoms with Gasteiger partial charge in [0.25, 0.3) is 0 Å². The maximum absolute atomic E-state index is 6.03. The summed E-state index contributed by atoms with van der Waals surface area (Å²) in [5, 5.41) is 0. The van der Waals surface area contributed by atoms with E-state index in [1.807, 2.05) is 6.92 Å². The minimum atomic E-state index is -0.129. The van der Waals surface area contributed by atoms with Crippen molar-refractivity contribution in [3.8, 4) is 0 Å². The number of ether oxygens (including phenoxy) is 2. The molecule has 0 radical (unpaired) electrons. The highest BCUT2D eigenvalue weighted by Crippen LogP contribution is 2.33. The molecule has 1 atom stereocenters. The third kappa shape index (κ3) is 3.42. The Kier molecular flexibility index (Phi) is 6.28. The van der Waals surface area contributed by atoms with Gasteiger partial charge in [-0.3, -0.25) is 11.3 Å². The molecule has 1 rings (SSSR count). The first-order chi connectivity index (χ1) is 7.79. The number of nitrogens with one attached hydrogen (secondary N) is 1. The van der Waals surface area contributed by atoms with Gasteiger partial charge in [0.2, 0.25) is 0 Å². The Labute approximate surface area is 98.8 Å². The van der Waals surface area contributed by atoms with Crippen molar-refractivity contribution >= 4 is 0 Å². The Hall–Kier alpha value is -0.160. The molecule has 0 aromatic carbocycles. The van der Waals surface area contributed by atoms with Crippen LogP contribution in [0.4, 0.5) is 0 Å². The molecule has 0 aromatic heterocycles. The Balaban J connectivity index is 2.73. The van der Waals surface area contributed by atoms with Crippen LogP contribution in [0.3, 0.4) is 0 Å². The largest absolute Gasteiger partial charge is 0.383 e. The summed E-state index contributed by atoms with van der Waals surface area (Å²) in [5.41, 5.74) is 2.75. The van der Waals surface area contributed by atoms with Crippen molar-refractivity contribution in [3.63, 3.8) is 0 Å². The molecule has 4 heteroatoms. The van der Waals surface area contributed by atoms with Gasteiger partial charge in [-0.25, -0.2) is 0 Å². The van der Waals surface area contributed by atoms with Gasteiger partial charge in [-0.05, 0) is 19.8 Å². The molecule has 3 N–H and O–H groups in total. The van der Waals surface area contributed by atoms with Crippen LogP contribution in [0.5, 0.6) is 0 Å². The molecule has 1 aliphatic carbocycles. The van der Waals surface area contributed by atoms with Gasteiger partial charge in [-0.2, -0.15) is 0 Å². The lowest BCUT2D eigenvalue weighted by atomic mass is 9.86. The van der Waals surface area contributed by atoms with Crippen molar-refractivity contribution in [3.05, 3.63) is 0 Å². The van der Waals surface area contributed by atoms with E-state index in [1.165, 1.54) is 25.7 Å². The zero-order valence-corrected chi connectivity index (χ0v) is 10.6. The molecule has 96 valence electrons. The summed E-state index contributed by atoms with van der Waals surface area (Å²) in [6, 6.07) is 0.0931. The van der Waals surface area contributed by atoms with Crippen molar-refractivity contribution in [2.75, 3.05) is 20.3 Å². The van der Waals surface area contributed by atoms with Gasteiger partial charge in [-0.15, -0.1) is 0 Å². The second-order valence-electron chi connectivity index (χ2n) is 4.59. The van der Waals surface area contributed by atoms with Crippen LogP contribution in [0.2, 0.25) is 0 Å². The van der Waals surface area contributed by atoms with Crippen LogP contribution < -0.4 is 11.3 Å². The van der Waals surface area contributed by atoms with Crippen molar-refractivity contribution in [2.24, 2.45) is 5.84 Å². The molecule has 1 saturated carbocycles. The fourth-order valence-corrected chi connectivity index (χ4v) is 2.73. The van der Waals surface area contributed by atoms with Crippen LogP contribution in [0, 0.1) is 0 Å². The lowest BCUT2D eigenvalue weighted by Crippen LogP contribution is -2.57. The second-order valence-corrected chi connectivity index (χ2v) is 4.59. The van der Waals surface area contributed by atoms with E-state index in [0.717, 1.165) is 19.4 Å². The molecule has 0 aliphatic heterocycles. The molecule has 0 saturated heterocycles. The lowest BCUT2D eigenvalue weighted by molar-refractivity contribution is -0.0905. The zero-order valence-electron chi connectivity index (χ0n) is 10.6. The minimum absolute atomic E-state index is 0.0931. The van der Waals surface area contributed by atoms with Crippen molar-refractivity contribution in [1.82, 2.24) is 5.43 Å². The monoisotopic (exact) mass is 230 g/mol. The summed E-state index contributed by atoms with van der Waals surface area (Å²) in [5.74, 6) is 5.65. The molecule has 4 nitrogen and oxygen atoms in total. The summed E-state index contributed by atoms with van der Waals surface area (Å²) in [6.07, 6.45) is 7.22. The number of hydrazine groups is 1. The zero-order chi connectivity index (χ0) is 11.9. The Morgan fingerprint density at radius 3 is 2.31 bits per heavy atom. The van der Waals surface area contributed by atoms with E-state index in [-0.39, 0.29) is 11.6 Å². The van der Waals surface area contributed by atoms with Crippen molar-refractivity contribution in [2.45, 2.75) is 57.1 Å². The first-order valence-corrected chi connectivity index (χ1v) is 6.38.